The second kappa shape index (κ2) is 16.3. The van der Waals surface area contributed by atoms with Crippen LogP contribution in [0.4, 0.5) is 22.7 Å². The molecular formula is C61H52N4O. The minimum absolute atomic E-state index is 0.0214. The van der Waals surface area contributed by atoms with Crippen molar-refractivity contribution in [3.8, 4) is 39.6 Å². The number of para-hydroxylation sites is 2. The Hall–Kier alpha value is -7.89. The number of fused-ring (bicyclic) bond motifs is 4. The highest BCUT2D eigenvalue weighted by Gasteiger charge is 2.30. The van der Waals surface area contributed by atoms with E-state index in [1.807, 2.05) is 12.3 Å². The van der Waals surface area contributed by atoms with Gasteiger partial charge in [-0.25, -0.2) is 4.98 Å². The zero-order valence-electron chi connectivity index (χ0n) is 38.1. The Kier molecular flexibility index (Phi) is 10.1. The maximum atomic E-state index is 6.85. The van der Waals surface area contributed by atoms with Crippen molar-refractivity contribution < 1.29 is 4.74 Å². The van der Waals surface area contributed by atoms with Gasteiger partial charge in [0.05, 0.1) is 22.4 Å². The van der Waals surface area contributed by atoms with Crippen molar-refractivity contribution in [1.29, 1.82) is 0 Å². The molecule has 1 aliphatic heterocycles. The number of rotatable bonds is 9. The third-order valence-corrected chi connectivity index (χ3v) is 13.4. The predicted octanol–water partition coefficient (Wildman–Crippen LogP) is 16.2. The average Bonchev–Trinajstić information content (AvgIpc) is 3.90. The number of nitrogens with zero attached hydrogens (tertiary/aromatic N) is 4. The lowest BCUT2D eigenvalue weighted by Crippen LogP contribution is -2.24. The van der Waals surface area contributed by atoms with Crippen molar-refractivity contribution in [2.75, 3.05) is 16.5 Å². The number of aromatic nitrogens is 2. The molecule has 0 saturated carbocycles. The molecule has 0 radical (unpaired) electrons. The Morgan fingerprint density at radius 3 is 1.79 bits per heavy atom. The molecule has 0 N–H and O–H groups in total. The second-order valence-corrected chi connectivity index (χ2v) is 19.0. The van der Waals surface area contributed by atoms with Gasteiger partial charge in [-0.3, -0.25) is 4.57 Å². The predicted molar refractivity (Wildman–Crippen MR) is 275 cm³/mol. The van der Waals surface area contributed by atoms with Crippen molar-refractivity contribution in [2.24, 2.45) is 0 Å². The average molecular weight is 857 g/mol. The molecule has 66 heavy (non-hydrogen) atoms. The van der Waals surface area contributed by atoms with Crippen LogP contribution in [0.2, 0.25) is 0 Å². The van der Waals surface area contributed by atoms with Crippen LogP contribution in [0.1, 0.15) is 51.3 Å². The highest BCUT2D eigenvalue weighted by Crippen LogP contribution is 2.47. The van der Waals surface area contributed by atoms with E-state index in [9.17, 15) is 0 Å². The number of pyridine rings is 1. The summed E-state index contributed by atoms with van der Waals surface area (Å²) in [7, 11) is 0. The lowest BCUT2D eigenvalue weighted by molar-refractivity contribution is 0.483. The number of hydrogen-bond acceptors (Lipinski definition) is 4. The molecule has 8 aromatic carbocycles. The first-order valence-corrected chi connectivity index (χ1v) is 22.9. The lowest BCUT2D eigenvalue weighted by Gasteiger charge is -2.26. The van der Waals surface area contributed by atoms with Crippen LogP contribution in [0.15, 0.2) is 212 Å². The molecule has 0 unspecified atom stereocenters. The van der Waals surface area contributed by atoms with E-state index in [1.165, 1.54) is 50.3 Å². The van der Waals surface area contributed by atoms with Gasteiger partial charge in [-0.2, -0.15) is 0 Å². The van der Waals surface area contributed by atoms with Gasteiger partial charge in [-0.1, -0.05) is 156 Å². The fourth-order valence-corrected chi connectivity index (χ4v) is 9.58. The van der Waals surface area contributed by atoms with Gasteiger partial charge in [-0.15, -0.1) is 0 Å². The smallest absolute Gasteiger partial charge is 0.137 e. The van der Waals surface area contributed by atoms with Crippen molar-refractivity contribution in [3.63, 3.8) is 0 Å². The Labute approximate surface area is 387 Å². The summed E-state index contributed by atoms with van der Waals surface area (Å²) < 4.78 is 9.14. The normalized spacial score (nSPS) is 12.8. The van der Waals surface area contributed by atoms with E-state index in [2.05, 4.69) is 249 Å². The Morgan fingerprint density at radius 2 is 1.08 bits per heavy atom. The largest absolute Gasteiger partial charge is 0.457 e. The van der Waals surface area contributed by atoms with Gasteiger partial charge in [0, 0.05) is 45.9 Å². The molecule has 0 aliphatic carbocycles. The van der Waals surface area contributed by atoms with Crippen LogP contribution < -0.4 is 14.5 Å². The van der Waals surface area contributed by atoms with Crippen LogP contribution in [0.25, 0.3) is 49.9 Å². The molecule has 1 aliphatic rings. The Morgan fingerprint density at radius 1 is 0.424 bits per heavy atom. The Bertz CT molecular complexity index is 3390. The summed E-state index contributed by atoms with van der Waals surface area (Å²) in [5, 5.41) is 2.30. The molecule has 0 atom stereocenters. The van der Waals surface area contributed by atoms with Gasteiger partial charge >= 0.3 is 0 Å². The Balaban J connectivity index is 0.968. The maximum Gasteiger partial charge on any atom is 0.137 e. The minimum Gasteiger partial charge on any atom is -0.457 e. The van der Waals surface area contributed by atoms with Gasteiger partial charge in [0.2, 0.25) is 0 Å². The monoisotopic (exact) mass is 856 g/mol. The molecular weight excluding hydrogens is 805 g/mol. The van der Waals surface area contributed by atoms with Crippen molar-refractivity contribution in [2.45, 2.75) is 45.4 Å². The number of ether oxygens (including phenoxy) is 1. The molecule has 11 rings (SSSR count). The van der Waals surface area contributed by atoms with Gasteiger partial charge < -0.3 is 14.5 Å². The minimum atomic E-state index is -0.230. The van der Waals surface area contributed by atoms with Crippen LogP contribution >= 0.6 is 0 Å². The van der Waals surface area contributed by atoms with E-state index < -0.39 is 0 Å². The first kappa shape index (κ1) is 40.9. The van der Waals surface area contributed by atoms with Crippen LogP contribution in [0.3, 0.4) is 0 Å². The van der Waals surface area contributed by atoms with Crippen LogP contribution in [-0.4, -0.2) is 16.2 Å². The van der Waals surface area contributed by atoms with Crippen LogP contribution in [0, 0.1) is 0 Å². The summed E-state index contributed by atoms with van der Waals surface area (Å²) in [5.74, 6) is 2.38. The molecule has 0 fully saturated rings. The molecule has 0 saturated heterocycles. The fraction of sp³-hybridized carbons (Fsp3) is 0.131. The topological polar surface area (TPSA) is 33.5 Å². The van der Waals surface area contributed by atoms with E-state index in [0.29, 0.717) is 6.67 Å². The standard InChI is InChI=1S/C61H52N4O/c1-60(2,3)48-34-45(43-20-11-7-12-21-43)35-50(37-48)64-41-63(56-26-15-16-27-57(56)64)49-24-17-25-51(39-49)66-52-29-30-53-54-36-44(42-18-9-6-10-19-42)28-31-55(54)65(58(53)40-52)59-38-47(32-33-62-59)61(4,5)46-22-13-8-14-23-46/h6-40H,41H2,1-5H3. The number of benzene rings is 8. The first-order chi connectivity index (χ1) is 32.1. The fourth-order valence-electron chi connectivity index (χ4n) is 9.58. The summed E-state index contributed by atoms with van der Waals surface area (Å²) in [6.07, 6.45) is 1.94. The third kappa shape index (κ3) is 7.46. The highest BCUT2D eigenvalue weighted by atomic mass is 16.5. The van der Waals surface area contributed by atoms with Gasteiger partial charge in [0.25, 0.3) is 0 Å². The van der Waals surface area contributed by atoms with Crippen molar-refractivity contribution in [1.82, 2.24) is 9.55 Å². The molecule has 3 heterocycles. The first-order valence-electron chi connectivity index (χ1n) is 22.9. The lowest BCUT2D eigenvalue weighted by atomic mass is 9.78. The summed E-state index contributed by atoms with van der Waals surface area (Å²) in [6, 6.07) is 73.8. The molecule has 0 amide bonds. The SMILES string of the molecule is CC(C)(C)c1cc(-c2ccccc2)cc(N2CN(c3cccc(Oc4ccc5c6cc(-c7ccccc7)ccc6n(-c6cc(C(C)(C)c7ccccc7)ccn6)c5c4)c3)c3ccccc32)c1. The van der Waals surface area contributed by atoms with E-state index in [-0.39, 0.29) is 10.8 Å². The second-order valence-electron chi connectivity index (χ2n) is 19.0. The molecule has 5 nitrogen and oxygen atoms in total. The van der Waals surface area contributed by atoms with E-state index in [4.69, 9.17) is 9.72 Å². The van der Waals surface area contributed by atoms with Gasteiger partial charge in [0.1, 0.15) is 24.0 Å². The molecule has 5 heteroatoms. The van der Waals surface area contributed by atoms with Crippen molar-refractivity contribution >= 4 is 44.6 Å². The molecule has 10 aromatic rings. The van der Waals surface area contributed by atoms with Crippen LogP contribution in [-0.2, 0) is 10.8 Å². The quantitative estimate of drug-likeness (QED) is 0.145. The summed E-state index contributed by atoms with van der Waals surface area (Å²) in [6.45, 7) is 12.1. The molecule has 2 aromatic heterocycles. The molecule has 0 bridgehead atoms. The number of hydrogen-bond donors (Lipinski definition) is 0. The van der Waals surface area contributed by atoms with Gasteiger partial charge in [-0.05, 0) is 117 Å². The number of anilines is 4. The summed E-state index contributed by atoms with van der Waals surface area (Å²) in [4.78, 5) is 9.85. The van der Waals surface area contributed by atoms with E-state index >= 15 is 0 Å². The summed E-state index contributed by atoms with van der Waals surface area (Å²) in [5.41, 5.74) is 15.0. The van der Waals surface area contributed by atoms with E-state index in [0.717, 1.165) is 50.5 Å². The van der Waals surface area contributed by atoms with Crippen molar-refractivity contribution in [3.05, 3.63) is 229 Å². The van der Waals surface area contributed by atoms with Crippen LogP contribution in [0.5, 0.6) is 11.5 Å². The maximum absolute atomic E-state index is 6.85. The van der Waals surface area contributed by atoms with E-state index in [1.54, 1.807) is 0 Å². The van der Waals surface area contributed by atoms with Gasteiger partial charge in [0.15, 0.2) is 0 Å². The molecule has 322 valence electrons. The highest BCUT2D eigenvalue weighted by molar-refractivity contribution is 6.10. The third-order valence-electron chi connectivity index (χ3n) is 13.4. The molecule has 0 spiro atoms. The zero-order valence-corrected chi connectivity index (χ0v) is 38.1. The zero-order chi connectivity index (χ0) is 45.0. The summed E-state index contributed by atoms with van der Waals surface area (Å²) >= 11 is 0.